The smallest absolute Gasteiger partial charge is 0.303 e. The molecule has 6 nitrogen and oxygen atoms in total. The first-order valence-corrected chi connectivity index (χ1v) is 11.1. The maximum absolute atomic E-state index is 10.7. The molecule has 1 heterocycles. The van der Waals surface area contributed by atoms with Gasteiger partial charge in [0.05, 0.1) is 18.1 Å². The van der Waals surface area contributed by atoms with Gasteiger partial charge < -0.3 is 14.5 Å². The number of carbonyl (C=O) groups is 1. The number of hydrogen-bond donors (Lipinski definition) is 1. The summed E-state index contributed by atoms with van der Waals surface area (Å²) in [6.07, 6.45) is 13.7. The molecule has 0 saturated heterocycles. The summed E-state index contributed by atoms with van der Waals surface area (Å²) < 4.78 is 2.10. The summed E-state index contributed by atoms with van der Waals surface area (Å²) in [5, 5.41) is 14.1. The Morgan fingerprint density at radius 2 is 2.13 bits per heavy atom. The van der Waals surface area contributed by atoms with Crippen molar-refractivity contribution in [1.29, 1.82) is 0 Å². The summed E-state index contributed by atoms with van der Waals surface area (Å²) in [5.74, 6) is -0.396. The Labute approximate surface area is 182 Å². The molecule has 0 spiro atoms. The number of halogens is 1. The van der Waals surface area contributed by atoms with Gasteiger partial charge in [0.1, 0.15) is 6.61 Å². The number of imidazole rings is 1. The van der Waals surface area contributed by atoms with Crippen LogP contribution < -0.4 is 0 Å². The number of unbranched alkanes of at least 4 members (excludes halogenated alkanes) is 1. The molecule has 1 aliphatic rings. The van der Waals surface area contributed by atoms with Crippen LogP contribution in [0.4, 0.5) is 0 Å². The zero-order chi connectivity index (χ0) is 21.2. The van der Waals surface area contributed by atoms with Gasteiger partial charge in [0.2, 0.25) is 0 Å². The number of rotatable bonds is 11. The Morgan fingerprint density at radius 1 is 1.30 bits per heavy atom. The molecule has 1 aromatic carbocycles. The molecule has 1 N–H and O–H groups in total. The van der Waals surface area contributed by atoms with Crippen LogP contribution in [0.5, 0.6) is 0 Å². The second-order valence-corrected chi connectivity index (χ2v) is 8.33. The van der Waals surface area contributed by atoms with E-state index in [4.69, 9.17) is 21.5 Å². The fourth-order valence-electron chi connectivity index (χ4n) is 4.07. The summed E-state index contributed by atoms with van der Waals surface area (Å²) >= 11 is 6.22. The highest BCUT2D eigenvalue weighted by Crippen LogP contribution is 2.31. The largest absolute Gasteiger partial charge is 0.481 e. The Morgan fingerprint density at radius 3 is 2.83 bits per heavy atom. The van der Waals surface area contributed by atoms with Gasteiger partial charge in [0, 0.05) is 29.8 Å². The molecule has 7 heteroatoms. The standard InChI is InChI=1S/C23H30ClN3O3/c24-20-10-6-7-18(15-20)16-21(27-13-12-25-17-27)23(19-8-2-1-3-9-19)26-30-14-5-4-11-22(28)29/h6-7,10,12-13,15,17,19,21H,1-5,8-9,11,14,16H2,(H,28,29)/b26-23+. The van der Waals surface area contributed by atoms with Crippen molar-refractivity contribution in [3.63, 3.8) is 0 Å². The number of aromatic nitrogens is 2. The first-order chi connectivity index (χ1) is 14.6. The maximum Gasteiger partial charge on any atom is 0.303 e. The topological polar surface area (TPSA) is 76.7 Å². The molecule has 2 aromatic rings. The molecular formula is C23H30ClN3O3. The van der Waals surface area contributed by atoms with Crippen LogP contribution in [0.3, 0.4) is 0 Å². The SMILES string of the molecule is O=C(O)CCCCO/N=C(\C1CCCCC1)C(Cc1cccc(Cl)c1)n1ccnc1. The first-order valence-electron chi connectivity index (χ1n) is 10.8. The van der Waals surface area contributed by atoms with E-state index in [2.05, 4.69) is 20.8 Å². The average Bonchev–Trinajstić information content (AvgIpc) is 3.27. The van der Waals surface area contributed by atoms with E-state index in [-0.39, 0.29) is 12.5 Å². The number of benzene rings is 1. The van der Waals surface area contributed by atoms with Crippen molar-refractivity contribution in [2.75, 3.05) is 6.61 Å². The van der Waals surface area contributed by atoms with Gasteiger partial charge in [-0.15, -0.1) is 0 Å². The van der Waals surface area contributed by atoms with Gasteiger partial charge >= 0.3 is 5.97 Å². The summed E-state index contributed by atoms with van der Waals surface area (Å²) in [4.78, 5) is 20.6. The quantitative estimate of drug-likeness (QED) is 0.288. The number of hydrogen-bond acceptors (Lipinski definition) is 4. The predicted octanol–water partition coefficient (Wildman–Crippen LogP) is 5.53. The van der Waals surface area contributed by atoms with Gasteiger partial charge in [-0.3, -0.25) is 4.79 Å². The molecule has 1 saturated carbocycles. The van der Waals surface area contributed by atoms with Crippen molar-refractivity contribution < 1.29 is 14.7 Å². The lowest BCUT2D eigenvalue weighted by Crippen LogP contribution is -2.29. The lowest BCUT2D eigenvalue weighted by molar-refractivity contribution is -0.137. The van der Waals surface area contributed by atoms with Gasteiger partial charge in [-0.2, -0.15) is 0 Å². The van der Waals surface area contributed by atoms with E-state index in [1.165, 1.54) is 19.3 Å². The Kier molecular flexibility index (Phi) is 8.75. The second-order valence-electron chi connectivity index (χ2n) is 7.89. The van der Waals surface area contributed by atoms with Crippen LogP contribution in [0, 0.1) is 5.92 Å². The number of carboxylic acid groups (broad SMARTS) is 1. The molecule has 0 amide bonds. The fraction of sp³-hybridized carbons (Fsp3) is 0.522. The van der Waals surface area contributed by atoms with Crippen molar-refractivity contribution in [2.24, 2.45) is 11.1 Å². The maximum atomic E-state index is 10.7. The van der Waals surface area contributed by atoms with Crippen LogP contribution in [0.1, 0.15) is 63.0 Å². The van der Waals surface area contributed by atoms with Crippen molar-refractivity contribution in [2.45, 2.75) is 63.8 Å². The lowest BCUT2D eigenvalue weighted by atomic mass is 9.82. The molecule has 0 bridgehead atoms. The Bertz CT molecular complexity index is 817. The third-order valence-electron chi connectivity index (χ3n) is 5.61. The van der Waals surface area contributed by atoms with Crippen LogP contribution in [-0.4, -0.2) is 32.9 Å². The van der Waals surface area contributed by atoms with Crippen molar-refractivity contribution in [3.8, 4) is 0 Å². The molecular weight excluding hydrogens is 402 g/mol. The van der Waals surface area contributed by atoms with Gasteiger partial charge in [-0.25, -0.2) is 4.98 Å². The van der Waals surface area contributed by atoms with E-state index in [1.54, 1.807) is 6.20 Å². The number of aliphatic carboxylic acids is 1. The zero-order valence-corrected chi connectivity index (χ0v) is 18.0. The molecule has 1 fully saturated rings. The Balaban J connectivity index is 1.79. The van der Waals surface area contributed by atoms with Gasteiger partial charge in [0.25, 0.3) is 0 Å². The van der Waals surface area contributed by atoms with Crippen LogP contribution >= 0.6 is 11.6 Å². The van der Waals surface area contributed by atoms with E-state index >= 15 is 0 Å². The minimum Gasteiger partial charge on any atom is -0.481 e. The highest BCUT2D eigenvalue weighted by atomic mass is 35.5. The molecule has 0 radical (unpaired) electrons. The summed E-state index contributed by atoms with van der Waals surface area (Å²) in [7, 11) is 0. The Hall–Kier alpha value is -2.34. The molecule has 0 aliphatic heterocycles. The highest BCUT2D eigenvalue weighted by Gasteiger charge is 2.28. The molecule has 1 atom stereocenters. The summed E-state index contributed by atoms with van der Waals surface area (Å²) in [6, 6.07) is 7.94. The van der Waals surface area contributed by atoms with Crippen LogP contribution in [0.15, 0.2) is 48.1 Å². The highest BCUT2D eigenvalue weighted by molar-refractivity contribution is 6.30. The minimum absolute atomic E-state index is 0.00749. The van der Waals surface area contributed by atoms with Gasteiger partial charge in [0.15, 0.2) is 0 Å². The molecule has 1 aromatic heterocycles. The summed E-state index contributed by atoms with van der Waals surface area (Å²) in [5.41, 5.74) is 2.19. The molecule has 1 aliphatic carbocycles. The van der Waals surface area contributed by atoms with Gasteiger partial charge in [-0.1, -0.05) is 48.2 Å². The molecule has 1 unspecified atom stereocenters. The number of nitrogens with zero attached hydrogens (tertiary/aromatic N) is 3. The molecule has 162 valence electrons. The normalized spacial score (nSPS) is 16.4. The van der Waals surface area contributed by atoms with E-state index in [0.717, 1.165) is 35.6 Å². The third-order valence-corrected chi connectivity index (χ3v) is 5.85. The zero-order valence-electron chi connectivity index (χ0n) is 17.3. The van der Waals surface area contributed by atoms with Gasteiger partial charge in [-0.05, 0) is 49.8 Å². The lowest BCUT2D eigenvalue weighted by Gasteiger charge is -2.29. The van der Waals surface area contributed by atoms with Crippen molar-refractivity contribution in [1.82, 2.24) is 9.55 Å². The summed E-state index contributed by atoms with van der Waals surface area (Å²) in [6.45, 7) is 0.428. The van der Waals surface area contributed by atoms with Crippen molar-refractivity contribution >= 4 is 23.3 Å². The number of carboxylic acids is 1. The van der Waals surface area contributed by atoms with E-state index in [9.17, 15) is 4.79 Å². The minimum atomic E-state index is -0.775. The van der Waals surface area contributed by atoms with E-state index < -0.39 is 5.97 Å². The monoisotopic (exact) mass is 431 g/mol. The van der Waals surface area contributed by atoms with E-state index in [1.807, 2.05) is 30.7 Å². The van der Waals surface area contributed by atoms with Crippen molar-refractivity contribution in [3.05, 3.63) is 53.6 Å². The van der Waals surface area contributed by atoms with Crippen LogP contribution in [-0.2, 0) is 16.1 Å². The predicted molar refractivity (Wildman–Crippen MR) is 118 cm³/mol. The number of oxime groups is 1. The fourth-order valence-corrected chi connectivity index (χ4v) is 4.29. The van der Waals surface area contributed by atoms with Crippen LogP contribution in [0.2, 0.25) is 5.02 Å². The second kappa shape index (κ2) is 11.7. The molecule has 3 rings (SSSR count). The molecule has 30 heavy (non-hydrogen) atoms. The third kappa shape index (κ3) is 6.87. The van der Waals surface area contributed by atoms with E-state index in [0.29, 0.717) is 25.4 Å². The first kappa shape index (κ1) is 22.3. The van der Waals surface area contributed by atoms with Crippen LogP contribution in [0.25, 0.3) is 0 Å². The average molecular weight is 432 g/mol.